The average molecular weight is 430 g/mol. The van der Waals surface area contributed by atoms with E-state index < -0.39 is 0 Å². The van der Waals surface area contributed by atoms with Crippen molar-refractivity contribution in [3.63, 3.8) is 0 Å². The standard InChI is InChI=1S/C28H47NO2/c1-18(2)16-26(30)31-21-12-14-27(4)20(17-21)8-9-22-24-11-10-23(19(3)29(6)7)28(24,5)15-13-25(22)27/h16,19-25H,8-15,17H2,1-7H3. The molecule has 4 rings (SSSR count). The molecule has 4 fully saturated rings. The summed E-state index contributed by atoms with van der Waals surface area (Å²) in [5.41, 5.74) is 2.01. The molecule has 0 N–H and O–H groups in total. The number of hydrogen-bond donors (Lipinski definition) is 0. The predicted octanol–water partition coefficient (Wildman–Crippen LogP) is 6.47. The van der Waals surface area contributed by atoms with Crippen LogP contribution >= 0.6 is 0 Å². The third-order valence-electron chi connectivity index (χ3n) is 10.8. The van der Waals surface area contributed by atoms with Gasteiger partial charge in [0.25, 0.3) is 0 Å². The van der Waals surface area contributed by atoms with E-state index >= 15 is 0 Å². The van der Waals surface area contributed by atoms with Crippen LogP contribution in [-0.4, -0.2) is 37.1 Å². The summed E-state index contributed by atoms with van der Waals surface area (Å²) in [6.07, 6.45) is 13.6. The van der Waals surface area contributed by atoms with E-state index in [4.69, 9.17) is 4.74 Å². The lowest BCUT2D eigenvalue weighted by atomic mass is 9.44. The number of hydrogen-bond acceptors (Lipinski definition) is 3. The zero-order valence-corrected chi connectivity index (χ0v) is 21.2. The lowest BCUT2D eigenvalue weighted by Gasteiger charge is -2.61. The molecule has 0 radical (unpaired) electrons. The second-order valence-corrected chi connectivity index (χ2v) is 12.6. The SMILES string of the molecule is CC(C)=CC(=O)OC1CCC2(C)C(CCC3C2CCC2(C)C3CCC2C(C)N(C)C)C1. The second-order valence-electron chi connectivity index (χ2n) is 12.6. The van der Waals surface area contributed by atoms with Gasteiger partial charge in [0.15, 0.2) is 0 Å². The van der Waals surface area contributed by atoms with E-state index in [0.717, 1.165) is 48.0 Å². The Bertz CT molecular complexity index is 710. The summed E-state index contributed by atoms with van der Waals surface area (Å²) in [4.78, 5) is 14.6. The van der Waals surface area contributed by atoms with Crippen LogP contribution in [0.15, 0.2) is 11.6 Å². The van der Waals surface area contributed by atoms with Crippen molar-refractivity contribution in [2.75, 3.05) is 14.1 Å². The lowest BCUT2D eigenvalue weighted by Crippen LogP contribution is -2.55. The maximum atomic E-state index is 12.2. The van der Waals surface area contributed by atoms with Gasteiger partial charge in [-0.25, -0.2) is 4.79 Å². The van der Waals surface area contributed by atoms with Crippen molar-refractivity contribution in [3.8, 4) is 0 Å². The van der Waals surface area contributed by atoms with Gasteiger partial charge in [0.1, 0.15) is 6.10 Å². The Morgan fingerprint density at radius 3 is 2.32 bits per heavy atom. The Labute approximate surface area is 191 Å². The Kier molecular flexibility index (Phi) is 6.40. The molecule has 0 spiro atoms. The van der Waals surface area contributed by atoms with Crippen LogP contribution in [0.2, 0.25) is 0 Å². The van der Waals surface area contributed by atoms with Crippen LogP contribution in [0.3, 0.4) is 0 Å². The topological polar surface area (TPSA) is 29.5 Å². The summed E-state index contributed by atoms with van der Waals surface area (Å²) in [6, 6.07) is 0.685. The molecule has 3 nitrogen and oxygen atoms in total. The maximum absolute atomic E-state index is 12.2. The number of ether oxygens (including phenoxy) is 1. The first kappa shape index (κ1) is 23.3. The highest BCUT2D eigenvalue weighted by molar-refractivity contribution is 5.82. The molecule has 3 heteroatoms. The van der Waals surface area contributed by atoms with Gasteiger partial charge in [-0.1, -0.05) is 19.4 Å². The highest BCUT2D eigenvalue weighted by atomic mass is 16.5. The zero-order chi connectivity index (χ0) is 22.6. The van der Waals surface area contributed by atoms with Gasteiger partial charge in [0, 0.05) is 12.1 Å². The van der Waals surface area contributed by atoms with Crippen LogP contribution < -0.4 is 0 Å². The molecule has 0 saturated heterocycles. The molecular weight excluding hydrogens is 382 g/mol. The molecule has 4 aliphatic rings. The minimum absolute atomic E-state index is 0.128. The number of allylic oxidation sites excluding steroid dienone is 1. The molecule has 0 aliphatic heterocycles. The van der Waals surface area contributed by atoms with Crippen molar-refractivity contribution in [1.29, 1.82) is 0 Å². The number of carbonyl (C=O) groups is 1. The van der Waals surface area contributed by atoms with Gasteiger partial charge < -0.3 is 9.64 Å². The minimum atomic E-state index is -0.136. The highest BCUT2D eigenvalue weighted by Crippen LogP contribution is 2.68. The molecule has 176 valence electrons. The Hall–Kier alpha value is -0.830. The van der Waals surface area contributed by atoms with Gasteiger partial charge in [-0.3, -0.25) is 0 Å². The molecule has 0 aromatic heterocycles. The van der Waals surface area contributed by atoms with Gasteiger partial charge in [-0.15, -0.1) is 0 Å². The quantitative estimate of drug-likeness (QED) is 0.379. The summed E-state index contributed by atoms with van der Waals surface area (Å²) in [6.45, 7) is 11.6. The van der Waals surface area contributed by atoms with Crippen molar-refractivity contribution in [2.45, 2.75) is 105 Å². The average Bonchev–Trinajstić information content (AvgIpc) is 3.04. The highest BCUT2D eigenvalue weighted by Gasteiger charge is 2.60. The number of rotatable bonds is 4. The predicted molar refractivity (Wildman–Crippen MR) is 128 cm³/mol. The van der Waals surface area contributed by atoms with E-state index in [-0.39, 0.29) is 12.1 Å². The van der Waals surface area contributed by atoms with Gasteiger partial charge in [-0.2, -0.15) is 0 Å². The monoisotopic (exact) mass is 429 g/mol. The summed E-state index contributed by atoms with van der Waals surface area (Å²) in [7, 11) is 4.53. The van der Waals surface area contributed by atoms with E-state index in [1.54, 1.807) is 6.08 Å². The number of fused-ring (bicyclic) bond motifs is 5. The van der Waals surface area contributed by atoms with E-state index in [1.165, 1.54) is 44.9 Å². The fourth-order valence-corrected chi connectivity index (χ4v) is 8.95. The summed E-state index contributed by atoms with van der Waals surface area (Å²) >= 11 is 0. The first-order valence-electron chi connectivity index (χ1n) is 13.1. The number of esters is 1. The molecule has 4 aliphatic carbocycles. The maximum Gasteiger partial charge on any atom is 0.330 e. The molecule has 0 aromatic rings. The Morgan fingerprint density at radius 2 is 1.65 bits per heavy atom. The van der Waals surface area contributed by atoms with Crippen molar-refractivity contribution < 1.29 is 9.53 Å². The summed E-state index contributed by atoms with van der Waals surface area (Å²) in [5, 5.41) is 0. The summed E-state index contributed by atoms with van der Waals surface area (Å²) in [5.74, 6) is 4.17. The molecule has 0 bridgehead atoms. The van der Waals surface area contributed by atoms with Gasteiger partial charge >= 0.3 is 5.97 Å². The van der Waals surface area contributed by atoms with Gasteiger partial charge in [0.2, 0.25) is 0 Å². The smallest absolute Gasteiger partial charge is 0.330 e. The number of carbonyl (C=O) groups excluding carboxylic acids is 1. The van der Waals surface area contributed by atoms with Gasteiger partial charge in [-0.05, 0) is 133 Å². The molecular formula is C28H47NO2. The third kappa shape index (κ3) is 4.02. The molecule has 0 amide bonds. The third-order valence-corrected chi connectivity index (χ3v) is 10.8. The molecule has 31 heavy (non-hydrogen) atoms. The first-order valence-corrected chi connectivity index (χ1v) is 13.1. The van der Waals surface area contributed by atoms with E-state index in [2.05, 4.69) is 39.8 Å². The van der Waals surface area contributed by atoms with Crippen LogP contribution in [0.25, 0.3) is 0 Å². The van der Waals surface area contributed by atoms with Crippen LogP contribution in [0.1, 0.15) is 92.4 Å². The van der Waals surface area contributed by atoms with Crippen molar-refractivity contribution in [2.24, 2.45) is 40.4 Å². The molecule has 9 atom stereocenters. The summed E-state index contributed by atoms with van der Waals surface area (Å²) < 4.78 is 5.86. The zero-order valence-electron chi connectivity index (χ0n) is 21.2. The van der Waals surface area contributed by atoms with Crippen molar-refractivity contribution in [1.82, 2.24) is 4.90 Å². The Balaban J connectivity index is 1.46. The molecule has 0 aromatic carbocycles. The van der Waals surface area contributed by atoms with E-state index in [0.29, 0.717) is 16.9 Å². The second kappa shape index (κ2) is 8.50. The van der Waals surface area contributed by atoms with Crippen LogP contribution in [0.4, 0.5) is 0 Å². The first-order chi connectivity index (χ1) is 14.6. The lowest BCUT2D eigenvalue weighted by molar-refractivity contribution is -0.158. The minimum Gasteiger partial charge on any atom is -0.459 e. The van der Waals surface area contributed by atoms with Crippen LogP contribution in [0, 0.1) is 40.4 Å². The number of nitrogens with zero attached hydrogens (tertiary/aromatic N) is 1. The Morgan fingerprint density at radius 1 is 0.968 bits per heavy atom. The van der Waals surface area contributed by atoms with Crippen molar-refractivity contribution >= 4 is 5.97 Å². The molecule has 0 heterocycles. The van der Waals surface area contributed by atoms with Crippen LogP contribution in [-0.2, 0) is 9.53 Å². The molecule has 4 saturated carbocycles. The fraction of sp³-hybridized carbons (Fsp3) is 0.893. The normalized spacial score (nSPS) is 45.3. The fourth-order valence-electron chi connectivity index (χ4n) is 8.95. The largest absolute Gasteiger partial charge is 0.459 e. The molecule has 9 unspecified atom stereocenters. The van der Waals surface area contributed by atoms with E-state index in [9.17, 15) is 4.79 Å². The van der Waals surface area contributed by atoms with E-state index in [1.807, 2.05) is 13.8 Å². The van der Waals surface area contributed by atoms with Crippen LogP contribution in [0.5, 0.6) is 0 Å². The van der Waals surface area contributed by atoms with Gasteiger partial charge in [0.05, 0.1) is 0 Å². The van der Waals surface area contributed by atoms with Crippen molar-refractivity contribution in [3.05, 3.63) is 11.6 Å².